The minimum atomic E-state index is -0.365. The average molecular weight is 202 g/mol. The van der Waals surface area contributed by atoms with Crippen LogP contribution in [0.3, 0.4) is 0 Å². The lowest BCUT2D eigenvalue weighted by atomic mass is 9.96. The molecule has 0 amide bonds. The van der Waals surface area contributed by atoms with Gasteiger partial charge < -0.3 is 10.2 Å². The molecule has 2 atom stereocenters. The summed E-state index contributed by atoms with van der Waals surface area (Å²) in [5.74, 6) is 0. The van der Waals surface area contributed by atoms with E-state index >= 15 is 0 Å². The summed E-state index contributed by atoms with van der Waals surface area (Å²) in [6.07, 6.45) is -0.729. The van der Waals surface area contributed by atoms with Gasteiger partial charge in [0, 0.05) is 19.6 Å². The van der Waals surface area contributed by atoms with Gasteiger partial charge in [-0.2, -0.15) is 0 Å². The first-order valence-electron chi connectivity index (χ1n) is 5.14. The molecule has 0 aliphatic rings. The van der Waals surface area contributed by atoms with Gasteiger partial charge in [-0.05, 0) is 26.2 Å². The Kier molecular flexibility index (Phi) is 5.64. The third-order valence-corrected chi connectivity index (χ3v) is 1.70. The molecule has 0 saturated carbocycles. The maximum Gasteiger partial charge on any atom is 0.0639 e. The van der Waals surface area contributed by atoms with Gasteiger partial charge in [-0.3, -0.25) is 4.90 Å². The Labute approximate surface area is 87.7 Å². The van der Waals surface area contributed by atoms with Crippen molar-refractivity contribution in [2.24, 2.45) is 5.41 Å². The molecule has 0 bridgehead atoms. The molecule has 0 aromatic heterocycles. The zero-order valence-electron chi connectivity index (χ0n) is 9.82. The number of aliphatic hydroxyl groups is 2. The summed E-state index contributed by atoms with van der Waals surface area (Å²) in [6.45, 7) is 13.6. The molecule has 3 heteroatoms. The molecule has 0 fully saturated rings. The van der Waals surface area contributed by atoms with E-state index in [-0.39, 0.29) is 17.6 Å². The van der Waals surface area contributed by atoms with Crippen LogP contribution in [-0.4, -0.2) is 47.0 Å². The van der Waals surface area contributed by atoms with Gasteiger partial charge in [0.1, 0.15) is 0 Å². The van der Waals surface area contributed by atoms with Crippen molar-refractivity contribution in [1.82, 2.24) is 4.90 Å². The lowest BCUT2D eigenvalue weighted by Gasteiger charge is -2.31. The molecule has 0 spiro atoms. The summed E-state index contributed by atoms with van der Waals surface area (Å²) in [6, 6.07) is 0. The number of hydrogen-bond donors (Lipinski definition) is 2. The van der Waals surface area contributed by atoms with Crippen molar-refractivity contribution in [3.8, 4) is 0 Å². The fraction of sp³-hybridized carbons (Fsp3) is 0.909. The first-order valence-corrected chi connectivity index (χ1v) is 5.14. The number of aliphatic hydroxyl groups excluding tert-OH is 2. The molecule has 1 radical (unpaired) electrons. The smallest absolute Gasteiger partial charge is 0.0639 e. The van der Waals surface area contributed by atoms with E-state index in [2.05, 4.69) is 6.92 Å². The zero-order chi connectivity index (χ0) is 11.4. The van der Waals surface area contributed by atoms with Crippen LogP contribution in [0.15, 0.2) is 0 Å². The molecule has 3 nitrogen and oxygen atoms in total. The van der Waals surface area contributed by atoms with Crippen molar-refractivity contribution < 1.29 is 10.2 Å². The summed E-state index contributed by atoms with van der Waals surface area (Å²) < 4.78 is 0. The van der Waals surface area contributed by atoms with Crippen LogP contribution in [0.25, 0.3) is 0 Å². The lowest BCUT2D eigenvalue weighted by molar-refractivity contribution is 0.0682. The molecule has 0 aliphatic heterocycles. The topological polar surface area (TPSA) is 43.7 Å². The van der Waals surface area contributed by atoms with Gasteiger partial charge in [0.05, 0.1) is 12.2 Å². The molecule has 14 heavy (non-hydrogen) atoms. The largest absolute Gasteiger partial charge is 0.392 e. The highest BCUT2D eigenvalue weighted by atomic mass is 16.3. The van der Waals surface area contributed by atoms with Crippen molar-refractivity contribution in [3.05, 3.63) is 6.92 Å². The third kappa shape index (κ3) is 8.48. The summed E-state index contributed by atoms with van der Waals surface area (Å²) >= 11 is 0. The van der Waals surface area contributed by atoms with Crippen molar-refractivity contribution in [2.75, 3.05) is 19.6 Å². The molecule has 2 N–H and O–H groups in total. The maximum atomic E-state index is 9.29. The quantitative estimate of drug-likeness (QED) is 0.673. The minimum Gasteiger partial charge on any atom is -0.392 e. The Morgan fingerprint density at radius 2 is 1.50 bits per heavy atom. The van der Waals surface area contributed by atoms with Gasteiger partial charge in [0.15, 0.2) is 0 Å². The van der Waals surface area contributed by atoms with Crippen LogP contribution >= 0.6 is 0 Å². The first-order chi connectivity index (χ1) is 6.20. The Balaban J connectivity index is 4.11. The predicted molar refractivity (Wildman–Crippen MR) is 58.9 cm³/mol. The van der Waals surface area contributed by atoms with Crippen LogP contribution in [0, 0.1) is 12.3 Å². The van der Waals surface area contributed by atoms with E-state index in [4.69, 9.17) is 0 Å². The molecule has 0 aliphatic carbocycles. The van der Waals surface area contributed by atoms with Gasteiger partial charge in [0.2, 0.25) is 0 Å². The van der Waals surface area contributed by atoms with E-state index in [9.17, 15) is 10.2 Å². The Hall–Kier alpha value is -0.120. The molecule has 0 rings (SSSR count). The second-order valence-corrected chi connectivity index (χ2v) is 5.06. The van der Waals surface area contributed by atoms with E-state index in [0.29, 0.717) is 13.1 Å². The first kappa shape index (κ1) is 13.9. The van der Waals surface area contributed by atoms with Gasteiger partial charge >= 0.3 is 0 Å². The van der Waals surface area contributed by atoms with Gasteiger partial charge in [-0.1, -0.05) is 13.8 Å². The molecule has 0 heterocycles. The van der Waals surface area contributed by atoms with E-state index in [1.165, 1.54) is 0 Å². The Bertz CT molecular complexity index is 140. The fourth-order valence-corrected chi connectivity index (χ4v) is 1.56. The van der Waals surface area contributed by atoms with Gasteiger partial charge in [-0.25, -0.2) is 0 Å². The van der Waals surface area contributed by atoms with E-state index in [0.717, 1.165) is 6.54 Å². The summed E-state index contributed by atoms with van der Waals surface area (Å²) in [5, 5.41) is 18.6. The van der Waals surface area contributed by atoms with Crippen LogP contribution in [-0.2, 0) is 0 Å². The van der Waals surface area contributed by atoms with Crippen molar-refractivity contribution in [3.63, 3.8) is 0 Å². The number of hydrogen-bond acceptors (Lipinski definition) is 3. The lowest BCUT2D eigenvalue weighted by Crippen LogP contribution is -2.41. The minimum absolute atomic E-state index is 0.0518. The molecule has 2 unspecified atom stereocenters. The van der Waals surface area contributed by atoms with E-state index in [1.54, 1.807) is 13.8 Å². The summed E-state index contributed by atoms with van der Waals surface area (Å²) in [5.41, 5.74) is -0.0518. The number of rotatable bonds is 6. The standard InChI is InChI=1S/C11H24NO2/c1-9(13)6-12(7-10(2)14)8-11(3,4)5/h9-10,13-14H,3,6-8H2,1-2,4-5H3. The zero-order valence-corrected chi connectivity index (χ0v) is 9.82. The van der Waals surface area contributed by atoms with Crippen molar-refractivity contribution in [2.45, 2.75) is 39.9 Å². The van der Waals surface area contributed by atoms with Crippen LogP contribution in [0.5, 0.6) is 0 Å². The van der Waals surface area contributed by atoms with Crippen LogP contribution in [0.2, 0.25) is 0 Å². The monoisotopic (exact) mass is 202 g/mol. The fourth-order valence-electron chi connectivity index (χ4n) is 1.56. The van der Waals surface area contributed by atoms with Crippen LogP contribution in [0.4, 0.5) is 0 Å². The van der Waals surface area contributed by atoms with Gasteiger partial charge in [-0.15, -0.1) is 0 Å². The highest BCUT2D eigenvalue weighted by Crippen LogP contribution is 2.15. The Morgan fingerprint density at radius 1 is 1.14 bits per heavy atom. The second-order valence-electron chi connectivity index (χ2n) is 5.06. The normalized spacial score (nSPS) is 17.1. The van der Waals surface area contributed by atoms with E-state index < -0.39 is 0 Å². The molecule has 85 valence electrons. The second kappa shape index (κ2) is 5.69. The Morgan fingerprint density at radius 3 is 1.71 bits per heavy atom. The predicted octanol–water partition coefficient (Wildman–Crippen LogP) is 0.910. The van der Waals surface area contributed by atoms with Crippen LogP contribution in [0.1, 0.15) is 27.7 Å². The molecule has 0 aromatic rings. The molecular formula is C11H24NO2. The van der Waals surface area contributed by atoms with Crippen molar-refractivity contribution >= 4 is 0 Å². The molecular weight excluding hydrogens is 178 g/mol. The molecule has 0 saturated heterocycles. The van der Waals surface area contributed by atoms with Crippen molar-refractivity contribution in [1.29, 1.82) is 0 Å². The van der Waals surface area contributed by atoms with E-state index in [1.807, 2.05) is 18.7 Å². The highest BCUT2D eigenvalue weighted by molar-refractivity contribution is 4.77. The van der Waals surface area contributed by atoms with Gasteiger partial charge in [0.25, 0.3) is 0 Å². The summed E-state index contributed by atoms with van der Waals surface area (Å²) in [7, 11) is 0. The SMILES string of the molecule is [CH2]C(C)(C)CN(CC(C)O)CC(C)O. The summed E-state index contributed by atoms with van der Waals surface area (Å²) in [4.78, 5) is 2.04. The number of nitrogens with zero attached hydrogens (tertiary/aromatic N) is 1. The highest BCUT2D eigenvalue weighted by Gasteiger charge is 2.18. The third-order valence-electron chi connectivity index (χ3n) is 1.70. The van der Waals surface area contributed by atoms with Crippen LogP contribution < -0.4 is 0 Å². The molecule has 0 aromatic carbocycles. The average Bonchev–Trinajstić information content (AvgIpc) is 1.77. The maximum absolute atomic E-state index is 9.29.